The van der Waals surface area contributed by atoms with Crippen molar-refractivity contribution >= 4 is 5.97 Å². The molecule has 2 aromatic rings. The summed E-state index contributed by atoms with van der Waals surface area (Å²) in [6.07, 6.45) is 0. The number of H-pyrrole nitrogens is 1. The Labute approximate surface area is 98.3 Å². The van der Waals surface area contributed by atoms with Crippen molar-refractivity contribution in [3.05, 3.63) is 41.2 Å². The molecule has 88 valence electrons. The molecule has 0 fully saturated rings. The van der Waals surface area contributed by atoms with Crippen molar-refractivity contribution in [2.24, 2.45) is 5.73 Å². The lowest BCUT2D eigenvalue weighted by Crippen LogP contribution is -2.06. The molecule has 0 saturated heterocycles. The zero-order valence-electron chi connectivity index (χ0n) is 9.40. The summed E-state index contributed by atoms with van der Waals surface area (Å²) >= 11 is 0. The number of aromatic nitrogens is 2. The fourth-order valence-corrected chi connectivity index (χ4v) is 1.70. The molecule has 1 aromatic carbocycles. The van der Waals surface area contributed by atoms with Crippen LogP contribution < -0.4 is 5.73 Å². The first-order valence-electron chi connectivity index (χ1n) is 5.21. The van der Waals surface area contributed by atoms with Crippen LogP contribution in [0.4, 0.5) is 0 Å². The van der Waals surface area contributed by atoms with E-state index >= 15 is 0 Å². The van der Waals surface area contributed by atoms with Crippen LogP contribution in [-0.4, -0.2) is 21.0 Å². The van der Waals surface area contributed by atoms with E-state index in [1.54, 1.807) is 0 Å². The first kappa shape index (κ1) is 11.3. The molecule has 4 N–H and O–H groups in total. The highest BCUT2D eigenvalue weighted by Crippen LogP contribution is 2.21. The molecule has 0 aliphatic rings. The fraction of sp³-hybridized carbons (Fsp3) is 0.167. The van der Waals surface area contributed by atoms with Crippen molar-refractivity contribution < 1.29 is 9.90 Å². The number of hydrogen-bond donors (Lipinski definition) is 3. The third-order valence-electron chi connectivity index (χ3n) is 2.59. The Hall–Kier alpha value is -2.14. The highest BCUT2D eigenvalue weighted by atomic mass is 16.4. The Balaban J connectivity index is 2.54. The zero-order valence-corrected chi connectivity index (χ0v) is 9.40. The summed E-state index contributed by atoms with van der Waals surface area (Å²) in [4.78, 5) is 18.0. The number of carbonyl (C=O) groups is 1. The molecule has 5 heteroatoms. The topological polar surface area (TPSA) is 92.0 Å². The molecule has 1 aromatic heterocycles. The number of nitrogens with zero attached hydrogens (tertiary/aromatic N) is 1. The molecule has 17 heavy (non-hydrogen) atoms. The van der Waals surface area contributed by atoms with Gasteiger partial charge in [0.1, 0.15) is 5.82 Å². The van der Waals surface area contributed by atoms with Gasteiger partial charge in [-0.2, -0.15) is 0 Å². The highest BCUT2D eigenvalue weighted by molar-refractivity contribution is 5.87. The number of aryl methyl sites for hydroxylation is 1. The molecule has 0 aliphatic carbocycles. The van der Waals surface area contributed by atoms with E-state index in [-0.39, 0.29) is 12.2 Å². The SMILES string of the molecule is Cc1ccccc1-c1nc(C(=O)O)c(CN)[nH]1. The Bertz CT molecular complexity index is 561. The molecule has 0 unspecified atom stereocenters. The first-order chi connectivity index (χ1) is 8.13. The van der Waals surface area contributed by atoms with Crippen LogP contribution in [-0.2, 0) is 6.54 Å². The molecule has 0 aliphatic heterocycles. The van der Waals surface area contributed by atoms with Gasteiger partial charge in [-0.15, -0.1) is 0 Å². The predicted molar refractivity (Wildman–Crippen MR) is 63.6 cm³/mol. The van der Waals surface area contributed by atoms with E-state index in [1.165, 1.54) is 0 Å². The Morgan fingerprint density at radius 2 is 2.18 bits per heavy atom. The second kappa shape index (κ2) is 4.39. The van der Waals surface area contributed by atoms with Crippen LogP contribution in [0.25, 0.3) is 11.4 Å². The van der Waals surface area contributed by atoms with Crippen LogP contribution in [0.5, 0.6) is 0 Å². The Kier molecular flexibility index (Phi) is 2.93. The van der Waals surface area contributed by atoms with Crippen molar-refractivity contribution in [2.75, 3.05) is 0 Å². The lowest BCUT2D eigenvalue weighted by molar-refractivity contribution is 0.0690. The second-order valence-electron chi connectivity index (χ2n) is 3.74. The minimum absolute atomic E-state index is 0.00856. The van der Waals surface area contributed by atoms with Crippen LogP contribution in [0.2, 0.25) is 0 Å². The van der Waals surface area contributed by atoms with Gasteiger partial charge in [-0.3, -0.25) is 0 Å². The van der Waals surface area contributed by atoms with Crippen molar-refractivity contribution in [2.45, 2.75) is 13.5 Å². The van der Waals surface area contributed by atoms with Gasteiger partial charge >= 0.3 is 5.97 Å². The molecule has 0 radical (unpaired) electrons. The van der Waals surface area contributed by atoms with E-state index in [4.69, 9.17) is 10.8 Å². The zero-order chi connectivity index (χ0) is 12.4. The molecule has 5 nitrogen and oxygen atoms in total. The number of aromatic carboxylic acids is 1. The van der Waals surface area contributed by atoms with Gasteiger partial charge in [0.15, 0.2) is 5.69 Å². The average molecular weight is 231 g/mol. The van der Waals surface area contributed by atoms with Crippen molar-refractivity contribution in [3.8, 4) is 11.4 Å². The number of nitrogens with one attached hydrogen (secondary N) is 1. The van der Waals surface area contributed by atoms with Gasteiger partial charge in [0.05, 0.1) is 5.69 Å². The minimum atomic E-state index is -1.07. The standard InChI is InChI=1S/C12H13N3O2/c1-7-4-2-3-5-8(7)11-14-9(6-13)10(15-11)12(16)17/h2-5H,6,13H2,1H3,(H,14,15)(H,16,17). The number of rotatable bonds is 3. The molecular formula is C12H13N3O2. The van der Waals surface area contributed by atoms with Crippen LogP contribution in [0.15, 0.2) is 24.3 Å². The average Bonchev–Trinajstić information content (AvgIpc) is 2.73. The highest BCUT2D eigenvalue weighted by Gasteiger charge is 2.16. The number of aromatic amines is 1. The van der Waals surface area contributed by atoms with Gasteiger partial charge in [-0.1, -0.05) is 24.3 Å². The molecule has 2 rings (SSSR count). The largest absolute Gasteiger partial charge is 0.476 e. The van der Waals surface area contributed by atoms with Gasteiger partial charge < -0.3 is 15.8 Å². The van der Waals surface area contributed by atoms with Crippen LogP contribution in [0.1, 0.15) is 21.7 Å². The van der Waals surface area contributed by atoms with E-state index in [2.05, 4.69) is 9.97 Å². The van der Waals surface area contributed by atoms with E-state index in [0.29, 0.717) is 11.5 Å². The van der Waals surface area contributed by atoms with E-state index in [0.717, 1.165) is 11.1 Å². The number of carboxylic acid groups (broad SMARTS) is 1. The van der Waals surface area contributed by atoms with Crippen LogP contribution >= 0.6 is 0 Å². The normalized spacial score (nSPS) is 10.5. The van der Waals surface area contributed by atoms with Gasteiger partial charge in [0.25, 0.3) is 0 Å². The Morgan fingerprint density at radius 3 is 2.71 bits per heavy atom. The van der Waals surface area contributed by atoms with Crippen LogP contribution in [0.3, 0.4) is 0 Å². The summed E-state index contributed by atoms with van der Waals surface area (Å²) in [7, 11) is 0. The molecule has 0 spiro atoms. The van der Waals surface area contributed by atoms with E-state index in [1.807, 2.05) is 31.2 Å². The number of carboxylic acids is 1. The molecular weight excluding hydrogens is 218 g/mol. The third kappa shape index (κ3) is 2.05. The minimum Gasteiger partial charge on any atom is -0.476 e. The third-order valence-corrected chi connectivity index (χ3v) is 2.59. The van der Waals surface area contributed by atoms with E-state index in [9.17, 15) is 4.79 Å². The monoisotopic (exact) mass is 231 g/mol. The maximum absolute atomic E-state index is 11.0. The molecule has 1 heterocycles. The summed E-state index contributed by atoms with van der Waals surface area (Å²) < 4.78 is 0. The number of nitrogens with two attached hydrogens (primary N) is 1. The lowest BCUT2D eigenvalue weighted by atomic mass is 10.1. The smallest absolute Gasteiger partial charge is 0.356 e. The molecule has 0 atom stereocenters. The van der Waals surface area contributed by atoms with Gasteiger partial charge in [-0.05, 0) is 12.5 Å². The number of benzene rings is 1. The van der Waals surface area contributed by atoms with Crippen molar-refractivity contribution in [3.63, 3.8) is 0 Å². The Morgan fingerprint density at radius 1 is 1.47 bits per heavy atom. The first-order valence-corrected chi connectivity index (χ1v) is 5.21. The van der Waals surface area contributed by atoms with E-state index < -0.39 is 5.97 Å². The summed E-state index contributed by atoms with van der Waals surface area (Å²) in [6.45, 7) is 2.07. The van der Waals surface area contributed by atoms with Gasteiger partial charge in [0.2, 0.25) is 0 Å². The van der Waals surface area contributed by atoms with Gasteiger partial charge in [-0.25, -0.2) is 9.78 Å². The number of imidazole rings is 1. The quantitative estimate of drug-likeness (QED) is 0.747. The summed E-state index contributed by atoms with van der Waals surface area (Å²) in [5.41, 5.74) is 7.83. The fourth-order valence-electron chi connectivity index (χ4n) is 1.70. The molecule has 0 bridgehead atoms. The van der Waals surface area contributed by atoms with Gasteiger partial charge in [0, 0.05) is 12.1 Å². The molecule has 0 amide bonds. The lowest BCUT2D eigenvalue weighted by Gasteiger charge is -2.00. The van der Waals surface area contributed by atoms with Crippen molar-refractivity contribution in [1.82, 2.24) is 9.97 Å². The second-order valence-corrected chi connectivity index (χ2v) is 3.74. The van der Waals surface area contributed by atoms with Crippen LogP contribution in [0, 0.1) is 6.92 Å². The maximum Gasteiger partial charge on any atom is 0.356 e. The summed E-state index contributed by atoms with van der Waals surface area (Å²) in [5, 5.41) is 8.99. The van der Waals surface area contributed by atoms with Crippen molar-refractivity contribution in [1.29, 1.82) is 0 Å². The summed E-state index contributed by atoms with van der Waals surface area (Å²) in [6, 6.07) is 7.64. The number of hydrogen-bond acceptors (Lipinski definition) is 3. The summed E-state index contributed by atoms with van der Waals surface area (Å²) in [5.74, 6) is -0.525. The molecule has 0 saturated carbocycles. The predicted octanol–water partition coefficient (Wildman–Crippen LogP) is 1.54. The maximum atomic E-state index is 11.0.